The van der Waals surface area contributed by atoms with Crippen LogP contribution in [-0.4, -0.2) is 4.98 Å². The van der Waals surface area contributed by atoms with Crippen molar-refractivity contribution >= 4 is 0 Å². The molecule has 0 saturated carbocycles. The summed E-state index contributed by atoms with van der Waals surface area (Å²) in [5.74, 6) is 0. The van der Waals surface area contributed by atoms with E-state index in [1.807, 2.05) is 13.0 Å². The van der Waals surface area contributed by atoms with Crippen molar-refractivity contribution in [2.45, 2.75) is 26.7 Å². The van der Waals surface area contributed by atoms with Crippen LogP contribution in [-0.2, 0) is 6.42 Å². The number of aromatic nitrogens is 1. The third-order valence-electron chi connectivity index (χ3n) is 1.80. The van der Waals surface area contributed by atoms with Crippen LogP contribution in [0.1, 0.15) is 24.5 Å². The number of pyridine rings is 1. The molecule has 0 aliphatic heterocycles. The van der Waals surface area contributed by atoms with Gasteiger partial charge in [0.2, 0.25) is 0 Å². The second-order valence-corrected chi connectivity index (χ2v) is 2.72. The fraction of sp³-hybridized carbons (Fsp3) is 0.444. The van der Waals surface area contributed by atoms with E-state index in [0.717, 1.165) is 24.0 Å². The maximum atomic E-state index is 11.2. The summed E-state index contributed by atoms with van der Waals surface area (Å²) in [7, 11) is 0. The number of rotatable bonds is 2. The van der Waals surface area contributed by atoms with Crippen molar-refractivity contribution in [3.8, 4) is 0 Å². The highest BCUT2D eigenvalue weighted by Gasteiger charge is 1.99. The molecule has 0 saturated heterocycles. The fourth-order valence-corrected chi connectivity index (χ4v) is 1.17. The van der Waals surface area contributed by atoms with E-state index >= 15 is 0 Å². The molecule has 0 spiro atoms. The average molecular weight is 151 g/mol. The Labute approximate surface area is 66.3 Å². The summed E-state index contributed by atoms with van der Waals surface area (Å²) >= 11 is 0. The summed E-state index contributed by atoms with van der Waals surface area (Å²) in [6.45, 7) is 4.05. The Morgan fingerprint density at radius 1 is 1.55 bits per heavy atom. The van der Waals surface area contributed by atoms with Gasteiger partial charge < -0.3 is 4.98 Å². The SMILES string of the molecule is CCCc1c(C)cc[nH]c1=O. The van der Waals surface area contributed by atoms with Crippen LogP contribution in [0.5, 0.6) is 0 Å². The van der Waals surface area contributed by atoms with E-state index in [0.29, 0.717) is 0 Å². The van der Waals surface area contributed by atoms with E-state index in [9.17, 15) is 4.79 Å². The van der Waals surface area contributed by atoms with Gasteiger partial charge in [0.05, 0.1) is 0 Å². The molecule has 0 amide bonds. The Hall–Kier alpha value is -1.05. The van der Waals surface area contributed by atoms with Gasteiger partial charge in [-0.15, -0.1) is 0 Å². The largest absolute Gasteiger partial charge is 0.329 e. The topological polar surface area (TPSA) is 32.9 Å². The molecule has 60 valence electrons. The lowest BCUT2D eigenvalue weighted by atomic mass is 10.1. The third kappa shape index (κ3) is 1.70. The lowest BCUT2D eigenvalue weighted by molar-refractivity contribution is 0.889. The molecular weight excluding hydrogens is 138 g/mol. The fourth-order valence-electron chi connectivity index (χ4n) is 1.17. The maximum Gasteiger partial charge on any atom is 0.251 e. The number of hydrogen-bond acceptors (Lipinski definition) is 1. The zero-order valence-corrected chi connectivity index (χ0v) is 6.98. The van der Waals surface area contributed by atoms with Crippen LogP contribution in [0.2, 0.25) is 0 Å². The van der Waals surface area contributed by atoms with Crippen molar-refractivity contribution in [1.29, 1.82) is 0 Å². The van der Waals surface area contributed by atoms with Gasteiger partial charge in [0.15, 0.2) is 0 Å². The summed E-state index contributed by atoms with van der Waals surface area (Å²) in [4.78, 5) is 13.8. The van der Waals surface area contributed by atoms with Crippen LogP contribution in [0.4, 0.5) is 0 Å². The van der Waals surface area contributed by atoms with Gasteiger partial charge in [-0.2, -0.15) is 0 Å². The number of nitrogens with one attached hydrogen (secondary N) is 1. The zero-order chi connectivity index (χ0) is 8.27. The van der Waals surface area contributed by atoms with Crippen LogP contribution < -0.4 is 5.56 Å². The van der Waals surface area contributed by atoms with Gasteiger partial charge in [-0.25, -0.2) is 0 Å². The normalized spacial score (nSPS) is 10.0. The predicted octanol–water partition coefficient (Wildman–Crippen LogP) is 1.64. The smallest absolute Gasteiger partial charge is 0.251 e. The zero-order valence-electron chi connectivity index (χ0n) is 6.98. The molecule has 0 fully saturated rings. The minimum atomic E-state index is 0.0619. The first kappa shape index (κ1) is 8.05. The Morgan fingerprint density at radius 2 is 2.27 bits per heavy atom. The summed E-state index contributed by atoms with van der Waals surface area (Å²) in [6.07, 6.45) is 3.59. The Balaban J connectivity index is 3.10. The first-order valence-electron chi connectivity index (χ1n) is 3.93. The Kier molecular flexibility index (Phi) is 2.47. The van der Waals surface area contributed by atoms with E-state index in [2.05, 4.69) is 11.9 Å². The summed E-state index contributed by atoms with van der Waals surface area (Å²) < 4.78 is 0. The first-order valence-corrected chi connectivity index (χ1v) is 3.93. The molecule has 0 atom stereocenters. The second-order valence-electron chi connectivity index (χ2n) is 2.72. The highest BCUT2D eigenvalue weighted by Crippen LogP contribution is 2.02. The molecule has 1 N–H and O–H groups in total. The van der Waals surface area contributed by atoms with Gasteiger partial charge >= 0.3 is 0 Å². The quantitative estimate of drug-likeness (QED) is 0.684. The van der Waals surface area contributed by atoms with Gasteiger partial charge in [0, 0.05) is 11.8 Å². The molecule has 1 aromatic rings. The third-order valence-corrected chi connectivity index (χ3v) is 1.80. The molecule has 1 rings (SSSR count). The van der Waals surface area contributed by atoms with Crippen molar-refractivity contribution in [2.75, 3.05) is 0 Å². The summed E-state index contributed by atoms with van der Waals surface area (Å²) in [5, 5.41) is 0. The molecule has 2 nitrogen and oxygen atoms in total. The van der Waals surface area contributed by atoms with Crippen molar-refractivity contribution in [3.05, 3.63) is 33.7 Å². The van der Waals surface area contributed by atoms with Crippen LogP contribution >= 0.6 is 0 Å². The molecule has 1 aromatic heterocycles. The summed E-state index contributed by atoms with van der Waals surface area (Å²) in [5.41, 5.74) is 2.08. The van der Waals surface area contributed by atoms with Crippen LogP contribution in [0.15, 0.2) is 17.1 Å². The maximum absolute atomic E-state index is 11.2. The van der Waals surface area contributed by atoms with E-state index in [1.54, 1.807) is 6.20 Å². The van der Waals surface area contributed by atoms with Crippen LogP contribution in [0.3, 0.4) is 0 Å². The number of aryl methyl sites for hydroxylation is 1. The van der Waals surface area contributed by atoms with E-state index in [4.69, 9.17) is 0 Å². The Morgan fingerprint density at radius 3 is 2.82 bits per heavy atom. The Bertz CT molecular complexity index is 288. The number of hydrogen-bond donors (Lipinski definition) is 1. The lowest BCUT2D eigenvalue weighted by Crippen LogP contribution is -2.12. The highest BCUT2D eigenvalue weighted by molar-refractivity contribution is 5.21. The molecule has 2 heteroatoms. The first-order chi connectivity index (χ1) is 5.25. The predicted molar refractivity (Wildman–Crippen MR) is 45.8 cm³/mol. The molecule has 0 aromatic carbocycles. The molecule has 0 aliphatic carbocycles. The minimum absolute atomic E-state index is 0.0619. The second kappa shape index (κ2) is 3.37. The molecule has 0 bridgehead atoms. The molecule has 11 heavy (non-hydrogen) atoms. The number of H-pyrrole nitrogens is 1. The summed E-state index contributed by atoms with van der Waals surface area (Å²) in [6, 6.07) is 1.94. The van der Waals surface area contributed by atoms with Crippen molar-refractivity contribution < 1.29 is 0 Å². The van der Waals surface area contributed by atoms with E-state index in [1.165, 1.54) is 0 Å². The standard InChI is InChI=1S/C9H13NO/c1-3-4-8-7(2)5-6-10-9(8)11/h5-6H,3-4H2,1-2H3,(H,10,11). The lowest BCUT2D eigenvalue weighted by Gasteiger charge is -2.00. The van der Waals surface area contributed by atoms with Gasteiger partial charge in [-0.05, 0) is 25.0 Å². The van der Waals surface area contributed by atoms with Crippen molar-refractivity contribution in [2.24, 2.45) is 0 Å². The molecule has 1 heterocycles. The monoisotopic (exact) mass is 151 g/mol. The van der Waals surface area contributed by atoms with Crippen LogP contribution in [0.25, 0.3) is 0 Å². The molecule has 0 radical (unpaired) electrons. The van der Waals surface area contributed by atoms with Crippen LogP contribution in [0, 0.1) is 6.92 Å². The van der Waals surface area contributed by atoms with Gasteiger partial charge in [-0.1, -0.05) is 13.3 Å². The highest BCUT2D eigenvalue weighted by atomic mass is 16.1. The van der Waals surface area contributed by atoms with Gasteiger partial charge in [0.1, 0.15) is 0 Å². The molecular formula is C9H13NO. The molecule has 0 unspecified atom stereocenters. The van der Waals surface area contributed by atoms with E-state index < -0.39 is 0 Å². The van der Waals surface area contributed by atoms with Crippen molar-refractivity contribution in [3.63, 3.8) is 0 Å². The molecule has 0 aliphatic rings. The average Bonchev–Trinajstić information content (AvgIpc) is 1.97. The van der Waals surface area contributed by atoms with Gasteiger partial charge in [0.25, 0.3) is 5.56 Å². The number of aromatic amines is 1. The van der Waals surface area contributed by atoms with Crippen molar-refractivity contribution in [1.82, 2.24) is 4.98 Å². The van der Waals surface area contributed by atoms with E-state index in [-0.39, 0.29) is 5.56 Å². The minimum Gasteiger partial charge on any atom is -0.329 e. The van der Waals surface area contributed by atoms with Gasteiger partial charge in [-0.3, -0.25) is 4.79 Å².